The SMILES string of the molecule is C[Si]1(C)c2cc(N(c3ccc(-c4ccccc4)cc3)c3ccc4oc5ccccc5c4c3)ccc2-c2c1ccc1c2sc2ccccc21. The minimum atomic E-state index is -1.98. The third-order valence-corrected chi connectivity index (χ3v) is 15.0. The third-order valence-electron chi connectivity index (χ3n) is 10.3. The highest BCUT2D eigenvalue weighted by molar-refractivity contribution is 7.26. The van der Waals surface area contributed by atoms with Gasteiger partial charge in [0, 0.05) is 48.0 Å². The average Bonchev–Trinajstić information content (AvgIpc) is 3.77. The molecule has 228 valence electrons. The maximum absolute atomic E-state index is 6.23. The lowest BCUT2D eigenvalue weighted by molar-refractivity contribution is 0.669. The van der Waals surface area contributed by atoms with Gasteiger partial charge in [0.1, 0.15) is 19.2 Å². The first-order valence-electron chi connectivity index (χ1n) is 16.5. The van der Waals surface area contributed by atoms with Crippen LogP contribution in [0.1, 0.15) is 0 Å². The van der Waals surface area contributed by atoms with Crippen LogP contribution in [0.4, 0.5) is 17.1 Å². The van der Waals surface area contributed by atoms with E-state index >= 15 is 0 Å². The molecule has 3 heterocycles. The number of nitrogens with zero attached hydrogens (tertiary/aromatic N) is 1. The smallest absolute Gasteiger partial charge is 0.135 e. The standard InChI is InChI=1S/C44H31NOSSi/c1-48(2)41-25-23-35-34-13-7-9-15-40(34)47-44(35)43(41)36-22-20-32(27-42(36)48)45(30-18-16-29(17-19-30)28-10-4-3-5-11-28)31-21-24-39-37(26-31)33-12-6-8-14-38(33)46-39/h3-27H,1-2H3. The predicted octanol–water partition coefficient (Wildman–Crippen LogP) is 11.9. The molecule has 48 heavy (non-hydrogen) atoms. The maximum atomic E-state index is 6.23. The number of rotatable bonds is 4. The number of thiophene rings is 1. The molecule has 7 aromatic carbocycles. The summed E-state index contributed by atoms with van der Waals surface area (Å²) in [5.74, 6) is 0. The van der Waals surface area contributed by atoms with Gasteiger partial charge in [-0.25, -0.2) is 0 Å². The number of para-hydroxylation sites is 1. The van der Waals surface area contributed by atoms with E-state index in [0.29, 0.717) is 0 Å². The Morgan fingerprint density at radius 2 is 1.17 bits per heavy atom. The van der Waals surface area contributed by atoms with E-state index in [1.165, 1.54) is 53.3 Å². The molecular formula is C44H31NOSSi. The normalized spacial score (nSPS) is 13.4. The van der Waals surface area contributed by atoms with Crippen molar-refractivity contribution in [2.24, 2.45) is 0 Å². The van der Waals surface area contributed by atoms with Crippen LogP contribution < -0.4 is 15.3 Å². The van der Waals surface area contributed by atoms with Crippen molar-refractivity contribution in [3.05, 3.63) is 152 Å². The second-order valence-corrected chi connectivity index (χ2v) is 18.7. The van der Waals surface area contributed by atoms with Crippen LogP contribution in [0.15, 0.2) is 156 Å². The van der Waals surface area contributed by atoms with Gasteiger partial charge in [-0.3, -0.25) is 0 Å². The molecule has 4 heteroatoms. The van der Waals surface area contributed by atoms with E-state index < -0.39 is 8.07 Å². The van der Waals surface area contributed by atoms with E-state index in [4.69, 9.17) is 4.42 Å². The zero-order valence-corrected chi connectivity index (χ0v) is 28.5. The van der Waals surface area contributed by atoms with Gasteiger partial charge in [-0.15, -0.1) is 11.3 Å². The molecule has 0 saturated carbocycles. The number of furan rings is 1. The van der Waals surface area contributed by atoms with Crippen LogP contribution in [0.25, 0.3) is 64.4 Å². The van der Waals surface area contributed by atoms with Crippen molar-refractivity contribution < 1.29 is 4.42 Å². The summed E-state index contributed by atoms with van der Waals surface area (Å²) in [5.41, 5.74) is 10.5. The Kier molecular flexibility index (Phi) is 5.93. The van der Waals surface area contributed by atoms with Crippen molar-refractivity contribution in [1.29, 1.82) is 0 Å². The molecule has 0 N–H and O–H groups in total. The summed E-state index contributed by atoms with van der Waals surface area (Å²) in [5, 5.41) is 8.04. The molecule has 0 fully saturated rings. The summed E-state index contributed by atoms with van der Waals surface area (Å²) in [4.78, 5) is 2.42. The molecule has 2 aromatic heterocycles. The summed E-state index contributed by atoms with van der Waals surface area (Å²) >= 11 is 1.94. The molecule has 0 atom stereocenters. The van der Waals surface area contributed by atoms with E-state index in [-0.39, 0.29) is 0 Å². The summed E-state index contributed by atoms with van der Waals surface area (Å²) in [6.07, 6.45) is 0. The molecule has 0 aliphatic carbocycles. The highest BCUT2D eigenvalue weighted by Gasteiger charge is 2.39. The predicted molar refractivity (Wildman–Crippen MR) is 209 cm³/mol. The van der Waals surface area contributed by atoms with E-state index in [1.807, 2.05) is 23.5 Å². The topological polar surface area (TPSA) is 16.4 Å². The number of hydrogen-bond acceptors (Lipinski definition) is 3. The van der Waals surface area contributed by atoms with E-state index in [2.05, 4.69) is 158 Å². The van der Waals surface area contributed by atoms with Crippen LogP contribution >= 0.6 is 11.3 Å². The average molecular weight is 650 g/mol. The second kappa shape index (κ2) is 10.3. The lowest BCUT2D eigenvalue weighted by Crippen LogP contribution is -2.49. The van der Waals surface area contributed by atoms with Gasteiger partial charge in [0.15, 0.2) is 0 Å². The highest BCUT2D eigenvalue weighted by atomic mass is 32.1. The van der Waals surface area contributed by atoms with Crippen molar-refractivity contribution in [2.45, 2.75) is 13.1 Å². The van der Waals surface area contributed by atoms with Crippen LogP contribution in [0.5, 0.6) is 0 Å². The van der Waals surface area contributed by atoms with Crippen LogP contribution in [0, 0.1) is 0 Å². The molecule has 0 radical (unpaired) electrons. The summed E-state index contributed by atoms with van der Waals surface area (Å²) in [7, 11) is -1.98. The first-order valence-corrected chi connectivity index (χ1v) is 20.3. The first kappa shape index (κ1) is 27.7. The van der Waals surface area contributed by atoms with E-state index in [9.17, 15) is 0 Å². The van der Waals surface area contributed by atoms with Crippen LogP contribution in [-0.2, 0) is 0 Å². The monoisotopic (exact) mass is 649 g/mol. The molecule has 9 aromatic rings. The number of benzene rings is 7. The quantitative estimate of drug-likeness (QED) is 0.176. The van der Waals surface area contributed by atoms with Crippen LogP contribution in [0.3, 0.4) is 0 Å². The van der Waals surface area contributed by atoms with Crippen molar-refractivity contribution in [1.82, 2.24) is 0 Å². The number of fused-ring (bicyclic) bond motifs is 10. The molecule has 0 amide bonds. The molecule has 0 unspecified atom stereocenters. The lowest BCUT2D eigenvalue weighted by atomic mass is 10.0. The lowest BCUT2D eigenvalue weighted by Gasteiger charge is -2.28. The van der Waals surface area contributed by atoms with Crippen molar-refractivity contribution >= 4 is 89.0 Å². The fourth-order valence-corrected chi connectivity index (χ4v) is 12.3. The van der Waals surface area contributed by atoms with Gasteiger partial charge >= 0.3 is 0 Å². The van der Waals surface area contributed by atoms with Gasteiger partial charge in [0.25, 0.3) is 0 Å². The Bertz CT molecular complexity index is 2700. The number of anilines is 3. The summed E-state index contributed by atoms with van der Waals surface area (Å²) < 4.78 is 9.01. The molecule has 0 saturated heterocycles. The van der Waals surface area contributed by atoms with Gasteiger partial charge < -0.3 is 9.32 Å². The minimum Gasteiger partial charge on any atom is -0.456 e. The van der Waals surface area contributed by atoms with Gasteiger partial charge in [0.2, 0.25) is 0 Å². The fraction of sp³-hybridized carbons (Fsp3) is 0.0455. The molecule has 2 nitrogen and oxygen atoms in total. The van der Waals surface area contributed by atoms with Crippen molar-refractivity contribution in [2.75, 3.05) is 4.90 Å². The molecule has 1 aliphatic heterocycles. The van der Waals surface area contributed by atoms with Gasteiger partial charge in [-0.05, 0) is 87.2 Å². The van der Waals surface area contributed by atoms with Gasteiger partial charge in [-0.2, -0.15) is 0 Å². The highest BCUT2D eigenvalue weighted by Crippen LogP contribution is 2.44. The van der Waals surface area contributed by atoms with E-state index in [1.54, 1.807) is 5.19 Å². The molecule has 10 rings (SSSR count). The zero-order chi connectivity index (χ0) is 32.0. The Labute approximate surface area is 284 Å². The third kappa shape index (κ3) is 4.03. The van der Waals surface area contributed by atoms with Crippen LogP contribution in [-0.4, -0.2) is 8.07 Å². The van der Waals surface area contributed by atoms with Gasteiger partial charge in [0.05, 0.1) is 0 Å². The van der Waals surface area contributed by atoms with Crippen LogP contribution in [0.2, 0.25) is 13.1 Å². The van der Waals surface area contributed by atoms with E-state index in [0.717, 1.165) is 33.3 Å². The summed E-state index contributed by atoms with van der Waals surface area (Å²) in [6, 6.07) is 55.4. The Morgan fingerprint density at radius 1 is 0.500 bits per heavy atom. The van der Waals surface area contributed by atoms with Gasteiger partial charge in [-0.1, -0.05) is 110 Å². The Morgan fingerprint density at radius 3 is 2.02 bits per heavy atom. The molecule has 0 bridgehead atoms. The Balaban J connectivity index is 1.17. The zero-order valence-electron chi connectivity index (χ0n) is 26.7. The van der Waals surface area contributed by atoms with Crippen molar-refractivity contribution in [3.63, 3.8) is 0 Å². The minimum absolute atomic E-state index is 0.907. The second-order valence-electron chi connectivity index (χ2n) is 13.3. The molecular weight excluding hydrogens is 619 g/mol. The first-order chi connectivity index (χ1) is 23.5. The largest absolute Gasteiger partial charge is 0.456 e. The molecule has 1 aliphatic rings. The maximum Gasteiger partial charge on any atom is 0.135 e. The number of hydrogen-bond donors (Lipinski definition) is 0. The molecule has 0 spiro atoms. The summed E-state index contributed by atoms with van der Waals surface area (Å²) in [6.45, 7) is 5.03. The Hall–Kier alpha value is -5.42. The fourth-order valence-electron chi connectivity index (χ4n) is 7.86. The van der Waals surface area contributed by atoms with Crippen molar-refractivity contribution in [3.8, 4) is 22.3 Å².